The van der Waals surface area contributed by atoms with Crippen LogP contribution in [-0.4, -0.2) is 101 Å². The van der Waals surface area contributed by atoms with Gasteiger partial charge in [-0.25, -0.2) is 0 Å². The van der Waals surface area contributed by atoms with Crippen molar-refractivity contribution in [2.75, 3.05) is 52.6 Å². The van der Waals surface area contributed by atoms with E-state index >= 15 is 0 Å². The molecule has 4 saturated heterocycles. The van der Waals surface area contributed by atoms with Crippen LogP contribution in [0, 0.1) is 17.8 Å². The van der Waals surface area contributed by atoms with Crippen molar-refractivity contribution in [2.45, 2.75) is 42.3 Å². The Morgan fingerprint density at radius 2 is 2.00 bits per heavy atom. The van der Waals surface area contributed by atoms with Crippen molar-refractivity contribution in [3.63, 3.8) is 0 Å². The molecule has 3 unspecified atom stereocenters. The maximum absolute atomic E-state index is 14.2. The fourth-order valence-corrected chi connectivity index (χ4v) is 9.29. The van der Waals surface area contributed by atoms with E-state index < -0.39 is 28.7 Å². The zero-order valence-corrected chi connectivity index (χ0v) is 22.3. The summed E-state index contributed by atoms with van der Waals surface area (Å²) in [6, 6.07) is 7.85. The molecule has 37 heavy (non-hydrogen) atoms. The Labute approximate surface area is 222 Å². The van der Waals surface area contributed by atoms with Crippen molar-refractivity contribution in [3.8, 4) is 0 Å². The number of nitrogens with zero attached hydrogens (tertiary/aromatic N) is 2. The molecule has 5 rings (SSSR count). The lowest BCUT2D eigenvalue weighted by Crippen LogP contribution is -2.57. The number of benzene rings is 1. The Hall–Kier alpha value is -2.14. The quantitative estimate of drug-likeness (QED) is 0.456. The molecular formula is C27H37N3O6S. The minimum atomic E-state index is -0.795. The van der Waals surface area contributed by atoms with Crippen molar-refractivity contribution in [3.05, 3.63) is 35.9 Å². The molecule has 7 atom stereocenters. The Morgan fingerprint density at radius 3 is 2.68 bits per heavy atom. The van der Waals surface area contributed by atoms with E-state index in [0.29, 0.717) is 26.3 Å². The van der Waals surface area contributed by atoms with E-state index in [1.54, 1.807) is 23.6 Å². The second-order valence-corrected chi connectivity index (χ2v) is 12.0. The standard InChI is InChI=1S/C27H37N3O6S/c1-3-36-26(34)21-20-15-17(2)27(37-20)22(21)25(33)30(19(16-31)18-7-5-4-6-8-18)23(27)24(32)28-9-10-29-11-13-35-14-12-29/h4-8,17,19-23,31H,3,9-16H2,1-2H3,(H,28,32)/t17?,19-,20+,21-,22+,23?,27?/m1/s1. The molecule has 2 N–H and O–H groups in total. The molecule has 2 bridgehead atoms. The van der Waals surface area contributed by atoms with Gasteiger partial charge in [0.25, 0.3) is 0 Å². The van der Waals surface area contributed by atoms with E-state index in [-0.39, 0.29) is 42.2 Å². The Balaban J connectivity index is 1.48. The highest BCUT2D eigenvalue weighted by atomic mass is 32.2. The molecule has 1 spiro atoms. The lowest BCUT2D eigenvalue weighted by Gasteiger charge is -2.40. The second-order valence-electron chi connectivity index (χ2n) is 10.4. The summed E-state index contributed by atoms with van der Waals surface area (Å²) in [5, 5.41) is 13.6. The molecule has 0 radical (unpaired) electrons. The average molecular weight is 532 g/mol. The first-order valence-corrected chi connectivity index (χ1v) is 14.2. The van der Waals surface area contributed by atoms with Gasteiger partial charge in [0, 0.05) is 31.4 Å². The van der Waals surface area contributed by atoms with Crippen molar-refractivity contribution >= 4 is 29.5 Å². The van der Waals surface area contributed by atoms with E-state index in [2.05, 4.69) is 17.1 Å². The number of thioether (sulfide) groups is 1. The molecule has 4 heterocycles. The smallest absolute Gasteiger partial charge is 0.310 e. The number of ether oxygens (including phenoxy) is 2. The van der Waals surface area contributed by atoms with E-state index in [1.165, 1.54) is 0 Å². The molecule has 1 aromatic rings. The van der Waals surface area contributed by atoms with Gasteiger partial charge in [0.05, 0.1) is 49.1 Å². The maximum Gasteiger partial charge on any atom is 0.310 e. The van der Waals surface area contributed by atoms with Gasteiger partial charge < -0.3 is 24.8 Å². The fraction of sp³-hybridized carbons (Fsp3) is 0.667. The number of fused-ring (bicyclic) bond motifs is 1. The van der Waals surface area contributed by atoms with Crippen LogP contribution in [0.4, 0.5) is 0 Å². The number of rotatable bonds is 9. The minimum Gasteiger partial charge on any atom is -0.466 e. The number of hydrogen-bond acceptors (Lipinski definition) is 8. The van der Waals surface area contributed by atoms with Crippen molar-refractivity contribution in [1.82, 2.24) is 15.1 Å². The monoisotopic (exact) mass is 531 g/mol. The third kappa shape index (κ3) is 4.45. The molecule has 2 amide bonds. The highest BCUT2D eigenvalue weighted by molar-refractivity contribution is 8.02. The third-order valence-electron chi connectivity index (χ3n) is 8.51. The molecule has 4 fully saturated rings. The molecule has 4 aliphatic heterocycles. The second kappa shape index (κ2) is 10.9. The zero-order chi connectivity index (χ0) is 26.2. The molecular weight excluding hydrogens is 494 g/mol. The Bertz CT molecular complexity index is 1010. The molecule has 0 aromatic heterocycles. The van der Waals surface area contributed by atoms with Crippen LogP contribution < -0.4 is 5.32 Å². The van der Waals surface area contributed by atoms with Crippen molar-refractivity contribution in [1.29, 1.82) is 0 Å². The fourth-order valence-electron chi connectivity index (χ4n) is 6.89. The van der Waals surface area contributed by atoms with Crippen LogP contribution in [0.3, 0.4) is 0 Å². The Morgan fingerprint density at radius 1 is 1.27 bits per heavy atom. The normalized spacial score (nSPS) is 33.9. The number of amides is 2. The van der Waals surface area contributed by atoms with Crippen LogP contribution in [0.5, 0.6) is 0 Å². The lowest BCUT2D eigenvalue weighted by molar-refractivity contribution is -0.154. The topological polar surface area (TPSA) is 108 Å². The van der Waals surface area contributed by atoms with Gasteiger partial charge in [0.1, 0.15) is 6.04 Å². The molecule has 202 valence electrons. The molecule has 1 aromatic carbocycles. The lowest BCUT2D eigenvalue weighted by atomic mass is 9.66. The maximum atomic E-state index is 14.2. The summed E-state index contributed by atoms with van der Waals surface area (Å²) in [4.78, 5) is 45.2. The number of aliphatic hydroxyl groups is 1. The van der Waals surface area contributed by atoms with Gasteiger partial charge in [-0.3, -0.25) is 19.3 Å². The van der Waals surface area contributed by atoms with Gasteiger partial charge in [-0.15, -0.1) is 11.8 Å². The van der Waals surface area contributed by atoms with Crippen LogP contribution in [0.15, 0.2) is 30.3 Å². The molecule has 10 heteroatoms. The van der Waals surface area contributed by atoms with Gasteiger partial charge >= 0.3 is 5.97 Å². The summed E-state index contributed by atoms with van der Waals surface area (Å²) in [6.45, 7) is 7.95. The summed E-state index contributed by atoms with van der Waals surface area (Å²) in [7, 11) is 0. The molecule has 0 saturated carbocycles. The number of esters is 1. The predicted octanol–water partition coefficient (Wildman–Crippen LogP) is 1.07. The third-order valence-corrected chi connectivity index (χ3v) is 10.6. The van der Waals surface area contributed by atoms with Gasteiger partial charge in [-0.1, -0.05) is 37.3 Å². The van der Waals surface area contributed by atoms with Gasteiger partial charge in [0.15, 0.2) is 0 Å². The van der Waals surface area contributed by atoms with Crippen LogP contribution >= 0.6 is 11.8 Å². The number of carbonyl (C=O) groups is 3. The number of likely N-dealkylation sites (tertiary alicyclic amines) is 1. The predicted molar refractivity (Wildman–Crippen MR) is 139 cm³/mol. The molecule has 4 aliphatic rings. The average Bonchev–Trinajstić information content (AvgIpc) is 3.50. The number of hydrogen-bond donors (Lipinski definition) is 2. The largest absolute Gasteiger partial charge is 0.466 e. The first-order chi connectivity index (χ1) is 17.9. The van der Waals surface area contributed by atoms with Crippen molar-refractivity contribution < 1.29 is 29.0 Å². The van der Waals surface area contributed by atoms with Crippen LogP contribution in [0.2, 0.25) is 0 Å². The number of morpholine rings is 1. The molecule has 0 aliphatic carbocycles. The summed E-state index contributed by atoms with van der Waals surface area (Å²) in [5.41, 5.74) is 0.765. The highest BCUT2D eigenvalue weighted by Crippen LogP contribution is 2.69. The summed E-state index contributed by atoms with van der Waals surface area (Å²) >= 11 is 1.62. The van der Waals surface area contributed by atoms with Gasteiger partial charge in [-0.2, -0.15) is 0 Å². The first kappa shape index (κ1) is 26.5. The SMILES string of the molecule is CCOC(=O)[C@@H]1[C@@H]2CC(C)C3(S2)C(C(=O)NCCN2CCOCC2)N([C@H](CO)c2ccccc2)C(=O)[C@H]13. The van der Waals surface area contributed by atoms with E-state index in [4.69, 9.17) is 9.47 Å². The van der Waals surface area contributed by atoms with Gasteiger partial charge in [0.2, 0.25) is 11.8 Å². The summed E-state index contributed by atoms with van der Waals surface area (Å²) < 4.78 is 10.1. The van der Waals surface area contributed by atoms with Gasteiger partial charge in [-0.05, 0) is 24.8 Å². The summed E-state index contributed by atoms with van der Waals surface area (Å²) in [6.07, 6.45) is 0.748. The number of nitrogens with one attached hydrogen (secondary N) is 1. The van der Waals surface area contributed by atoms with E-state index in [0.717, 1.165) is 25.1 Å². The molecule has 9 nitrogen and oxygen atoms in total. The number of aliphatic hydroxyl groups excluding tert-OH is 1. The van der Waals surface area contributed by atoms with Crippen LogP contribution in [0.1, 0.15) is 31.9 Å². The number of carbonyl (C=O) groups excluding carboxylic acids is 3. The Kier molecular flexibility index (Phi) is 7.81. The first-order valence-electron chi connectivity index (χ1n) is 13.3. The van der Waals surface area contributed by atoms with Crippen molar-refractivity contribution in [2.24, 2.45) is 17.8 Å². The minimum absolute atomic E-state index is 0.0530. The highest BCUT2D eigenvalue weighted by Gasteiger charge is 2.76. The zero-order valence-electron chi connectivity index (χ0n) is 21.5. The van der Waals surface area contributed by atoms with E-state index in [1.807, 2.05) is 30.3 Å². The van der Waals surface area contributed by atoms with Crippen LogP contribution in [0.25, 0.3) is 0 Å². The summed E-state index contributed by atoms with van der Waals surface area (Å²) in [5.74, 6) is -2.01. The van der Waals surface area contributed by atoms with E-state index in [9.17, 15) is 19.5 Å². The van der Waals surface area contributed by atoms with Crippen LogP contribution in [-0.2, 0) is 23.9 Å².